The number of ether oxygens (including phenoxy) is 1. The molecule has 1 N–H and O–H groups in total. The lowest BCUT2D eigenvalue weighted by Gasteiger charge is -2.34. The molecular weight excluding hydrogens is 433 g/mol. The number of piperazine rings is 1. The lowest BCUT2D eigenvalue weighted by molar-refractivity contribution is -0.117. The standard InChI is InChI=1S/C20H23Cl2N3O3S/c1-13-10-14(20(27)28-2)19(29-13)23-18(26)12-25-8-6-24(7-9-25)11-15-16(21)4-3-5-17(15)22/h3-5,10H,6-9,11-12H2,1-2H3,(H,23,26). The van der Waals surface area contributed by atoms with E-state index in [1.807, 2.05) is 25.1 Å². The summed E-state index contributed by atoms with van der Waals surface area (Å²) in [7, 11) is 1.33. The van der Waals surface area contributed by atoms with E-state index in [1.54, 1.807) is 6.07 Å². The van der Waals surface area contributed by atoms with Gasteiger partial charge >= 0.3 is 5.97 Å². The Labute approximate surface area is 184 Å². The number of methoxy groups -OCH3 is 1. The molecule has 29 heavy (non-hydrogen) atoms. The molecule has 0 atom stereocenters. The summed E-state index contributed by atoms with van der Waals surface area (Å²) in [4.78, 5) is 29.6. The molecule has 6 nitrogen and oxygen atoms in total. The number of carbonyl (C=O) groups excluding carboxylic acids is 2. The summed E-state index contributed by atoms with van der Waals surface area (Å²) >= 11 is 13.9. The Balaban J connectivity index is 1.51. The van der Waals surface area contributed by atoms with Crippen LogP contribution in [0.1, 0.15) is 20.8 Å². The van der Waals surface area contributed by atoms with Gasteiger partial charge in [-0.25, -0.2) is 4.79 Å². The number of thiophene rings is 1. The molecule has 9 heteroatoms. The fourth-order valence-corrected chi connectivity index (χ4v) is 4.68. The van der Waals surface area contributed by atoms with Crippen LogP contribution in [-0.4, -0.2) is 61.5 Å². The number of rotatable bonds is 6. The molecule has 0 radical (unpaired) electrons. The van der Waals surface area contributed by atoms with E-state index in [0.717, 1.165) is 36.6 Å². The SMILES string of the molecule is COC(=O)c1cc(C)sc1NC(=O)CN1CCN(Cc2c(Cl)cccc2Cl)CC1. The smallest absolute Gasteiger partial charge is 0.340 e. The number of hydrogen-bond acceptors (Lipinski definition) is 6. The first-order chi connectivity index (χ1) is 13.9. The summed E-state index contributed by atoms with van der Waals surface area (Å²) in [6, 6.07) is 7.26. The average molecular weight is 456 g/mol. The molecule has 0 spiro atoms. The molecule has 1 aromatic carbocycles. The third-order valence-corrected chi connectivity index (χ3v) is 6.46. The van der Waals surface area contributed by atoms with Crippen molar-refractivity contribution in [1.82, 2.24) is 9.80 Å². The highest BCUT2D eigenvalue weighted by Crippen LogP contribution is 2.28. The van der Waals surface area contributed by atoms with Crippen molar-refractivity contribution in [3.05, 3.63) is 50.3 Å². The van der Waals surface area contributed by atoms with Crippen molar-refractivity contribution in [3.8, 4) is 0 Å². The minimum atomic E-state index is -0.448. The predicted molar refractivity (Wildman–Crippen MR) is 117 cm³/mol. The van der Waals surface area contributed by atoms with Gasteiger partial charge in [0.05, 0.1) is 19.2 Å². The Morgan fingerprint density at radius 2 is 1.76 bits per heavy atom. The van der Waals surface area contributed by atoms with E-state index >= 15 is 0 Å². The molecule has 2 aromatic rings. The van der Waals surface area contributed by atoms with Gasteiger partial charge in [0.1, 0.15) is 5.00 Å². The van der Waals surface area contributed by atoms with Crippen LogP contribution in [0.2, 0.25) is 10.0 Å². The Morgan fingerprint density at radius 1 is 1.14 bits per heavy atom. The van der Waals surface area contributed by atoms with Crippen molar-refractivity contribution in [2.24, 2.45) is 0 Å². The van der Waals surface area contributed by atoms with E-state index in [4.69, 9.17) is 27.9 Å². The largest absolute Gasteiger partial charge is 0.465 e. The number of anilines is 1. The van der Waals surface area contributed by atoms with Gasteiger partial charge in [-0.2, -0.15) is 0 Å². The summed E-state index contributed by atoms with van der Waals surface area (Å²) in [5.74, 6) is -0.587. The number of nitrogens with one attached hydrogen (secondary N) is 1. The quantitative estimate of drug-likeness (QED) is 0.668. The number of halogens is 2. The van der Waals surface area contributed by atoms with Gasteiger partial charge < -0.3 is 10.1 Å². The highest BCUT2D eigenvalue weighted by Gasteiger charge is 2.22. The Morgan fingerprint density at radius 3 is 2.38 bits per heavy atom. The van der Waals surface area contributed by atoms with Crippen LogP contribution in [0, 0.1) is 6.92 Å². The number of esters is 1. The first kappa shape index (κ1) is 22.1. The molecule has 1 aromatic heterocycles. The van der Waals surface area contributed by atoms with E-state index in [9.17, 15) is 9.59 Å². The van der Waals surface area contributed by atoms with Crippen LogP contribution in [0.25, 0.3) is 0 Å². The zero-order chi connectivity index (χ0) is 21.0. The lowest BCUT2D eigenvalue weighted by atomic mass is 10.2. The van der Waals surface area contributed by atoms with Gasteiger partial charge in [-0.05, 0) is 25.1 Å². The minimum Gasteiger partial charge on any atom is -0.465 e. The van der Waals surface area contributed by atoms with Crippen molar-refractivity contribution in [3.63, 3.8) is 0 Å². The molecule has 2 heterocycles. The van der Waals surface area contributed by atoms with Gasteiger partial charge in [0.25, 0.3) is 0 Å². The maximum Gasteiger partial charge on any atom is 0.340 e. The molecule has 0 bridgehead atoms. The minimum absolute atomic E-state index is 0.139. The fourth-order valence-electron chi connectivity index (χ4n) is 3.25. The van der Waals surface area contributed by atoms with E-state index in [1.165, 1.54) is 18.4 Å². The van der Waals surface area contributed by atoms with Crippen LogP contribution in [0.5, 0.6) is 0 Å². The van der Waals surface area contributed by atoms with Gasteiger partial charge in [-0.1, -0.05) is 29.3 Å². The Kier molecular flexibility index (Phi) is 7.54. The number of carbonyl (C=O) groups is 2. The van der Waals surface area contributed by atoms with E-state index in [0.29, 0.717) is 27.2 Å². The molecule has 1 amide bonds. The Bertz CT molecular complexity index is 875. The van der Waals surface area contributed by atoms with Gasteiger partial charge in [0, 0.05) is 53.2 Å². The third kappa shape index (κ3) is 5.71. The molecule has 0 aliphatic carbocycles. The van der Waals surface area contributed by atoms with E-state index < -0.39 is 5.97 Å². The lowest BCUT2D eigenvalue weighted by Crippen LogP contribution is -2.48. The van der Waals surface area contributed by atoms with Crippen LogP contribution in [0.3, 0.4) is 0 Å². The second-order valence-electron chi connectivity index (χ2n) is 6.89. The van der Waals surface area contributed by atoms with Crippen LogP contribution >= 0.6 is 34.5 Å². The van der Waals surface area contributed by atoms with E-state index in [2.05, 4.69) is 15.1 Å². The van der Waals surface area contributed by atoms with Crippen LogP contribution in [0.15, 0.2) is 24.3 Å². The highest BCUT2D eigenvalue weighted by atomic mass is 35.5. The molecule has 1 aliphatic heterocycles. The number of benzene rings is 1. The van der Waals surface area contributed by atoms with Crippen LogP contribution in [0.4, 0.5) is 5.00 Å². The molecule has 0 unspecified atom stereocenters. The topological polar surface area (TPSA) is 61.9 Å². The summed E-state index contributed by atoms with van der Waals surface area (Å²) in [6.07, 6.45) is 0. The average Bonchev–Trinajstić information content (AvgIpc) is 3.05. The molecule has 1 fully saturated rings. The summed E-state index contributed by atoms with van der Waals surface area (Å²) in [5, 5.41) is 4.73. The normalized spacial score (nSPS) is 15.3. The number of hydrogen-bond donors (Lipinski definition) is 1. The fraction of sp³-hybridized carbons (Fsp3) is 0.400. The van der Waals surface area contributed by atoms with Crippen LogP contribution < -0.4 is 5.32 Å². The Hall–Kier alpha value is -1.64. The van der Waals surface area contributed by atoms with Gasteiger partial charge in [0.2, 0.25) is 5.91 Å². The molecular formula is C20H23Cl2N3O3S. The molecule has 156 valence electrons. The van der Waals surface area contributed by atoms with E-state index in [-0.39, 0.29) is 12.5 Å². The number of amides is 1. The second kappa shape index (κ2) is 9.91. The number of aryl methyl sites for hydroxylation is 1. The van der Waals surface area contributed by atoms with Crippen molar-refractivity contribution in [1.29, 1.82) is 0 Å². The maximum absolute atomic E-state index is 12.5. The van der Waals surface area contributed by atoms with Crippen molar-refractivity contribution in [2.45, 2.75) is 13.5 Å². The summed E-state index contributed by atoms with van der Waals surface area (Å²) in [5.41, 5.74) is 1.33. The summed E-state index contributed by atoms with van der Waals surface area (Å²) < 4.78 is 4.78. The zero-order valence-electron chi connectivity index (χ0n) is 16.3. The first-order valence-corrected chi connectivity index (χ1v) is 10.8. The molecule has 1 aliphatic rings. The van der Waals surface area contributed by atoms with Crippen LogP contribution in [-0.2, 0) is 16.1 Å². The monoisotopic (exact) mass is 455 g/mol. The first-order valence-electron chi connectivity index (χ1n) is 9.23. The maximum atomic E-state index is 12.5. The van der Waals surface area contributed by atoms with Gasteiger partial charge in [-0.15, -0.1) is 11.3 Å². The predicted octanol–water partition coefficient (Wildman–Crippen LogP) is 3.91. The summed E-state index contributed by atoms with van der Waals surface area (Å²) in [6.45, 7) is 6.03. The number of nitrogens with zero attached hydrogens (tertiary/aromatic N) is 2. The molecule has 1 saturated heterocycles. The van der Waals surface area contributed by atoms with Crippen molar-refractivity contribution < 1.29 is 14.3 Å². The molecule has 3 rings (SSSR count). The van der Waals surface area contributed by atoms with Crippen molar-refractivity contribution in [2.75, 3.05) is 45.2 Å². The highest BCUT2D eigenvalue weighted by molar-refractivity contribution is 7.16. The van der Waals surface area contributed by atoms with Crippen molar-refractivity contribution >= 4 is 51.4 Å². The zero-order valence-corrected chi connectivity index (χ0v) is 18.7. The van der Waals surface area contributed by atoms with Gasteiger partial charge in [0.15, 0.2) is 0 Å². The second-order valence-corrected chi connectivity index (χ2v) is 8.96. The third-order valence-electron chi connectivity index (χ3n) is 4.79. The van der Waals surface area contributed by atoms with Gasteiger partial charge in [-0.3, -0.25) is 14.6 Å². The molecule has 0 saturated carbocycles.